The first-order valence-electron chi connectivity index (χ1n) is 8.23. The van der Waals surface area contributed by atoms with Crippen LogP contribution < -0.4 is 15.0 Å². The molecule has 0 radical (unpaired) electrons. The summed E-state index contributed by atoms with van der Waals surface area (Å²) >= 11 is 0. The number of anilines is 1. The van der Waals surface area contributed by atoms with Crippen molar-refractivity contribution in [2.24, 2.45) is 0 Å². The van der Waals surface area contributed by atoms with Gasteiger partial charge in [-0.3, -0.25) is 9.59 Å². The minimum Gasteiger partial charge on any atom is -0.466 e. The summed E-state index contributed by atoms with van der Waals surface area (Å²) in [6.07, 6.45) is 0. The van der Waals surface area contributed by atoms with Crippen LogP contribution in [0.15, 0.2) is 42.5 Å². The SMILES string of the molecule is Cc1cccc(CNC(=O)C2(C)Oc3ccc(C)cc3N(C)C2=O)c1. The number of likely N-dealkylation sites (N-methyl/N-ethyl adjacent to an activating group) is 1. The Morgan fingerprint density at radius 1 is 1.16 bits per heavy atom. The lowest BCUT2D eigenvalue weighted by Crippen LogP contribution is -2.61. The molecule has 1 N–H and O–H groups in total. The van der Waals surface area contributed by atoms with Crippen molar-refractivity contribution >= 4 is 17.5 Å². The van der Waals surface area contributed by atoms with E-state index in [1.807, 2.05) is 50.2 Å². The fraction of sp³-hybridized carbons (Fsp3) is 0.300. The van der Waals surface area contributed by atoms with Crippen molar-refractivity contribution in [1.29, 1.82) is 0 Å². The van der Waals surface area contributed by atoms with Gasteiger partial charge in [0.05, 0.1) is 5.69 Å². The van der Waals surface area contributed by atoms with Gasteiger partial charge in [0.2, 0.25) is 0 Å². The van der Waals surface area contributed by atoms with Gasteiger partial charge in [-0.1, -0.05) is 35.9 Å². The number of carbonyl (C=O) groups is 2. The summed E-state index contributed by atoms with van der Waals surface area (Å²) in [5, 5.41) is 2.82. The molecule has 1 atom stereocenters. The molecule has 5 heteroatoms. The first kappa shape index (κ1) is 17.0. The third-order valence-electron chi connectivity index (χ3n) is 4.47. The fourth-order valence-corrected chi connectivity index (χ4v) is 2.99. The van der Waals surface area contributed by atoms with Gasteiger partial charge in [0.25, 0.3) is 17.4 Å². The third kappa shape index (κ3) is 3.09. The Balaban J connectivity index is 1.81. The predicted molar refractivity (Wildman–Crippen MR) is 96.6 cm³/mol. The number of rotatable bonds is 3. The Hall–Kier alpha value is -2.82. The lowest BCUT2D eigenvalue weighted by atomic mass is 9.99. The van der Waals surface area contributed by atoms with Crippen LogP contribution in [0.5, 0.6) is 5.75 Å². The van der Waals surface area contributed by atoms with Crippen LogP contribution in [-0.4, -0.2) is 24.5 Å². The van der Waals surface area contributed by atoms with Crippen molar-refractivity contribution in [3.8, 4) is 5.75 Å². The lowest BCUT2D eigenvalue weighted by molar-refractivity contribution is -0.148. The first-order valence-corrected chi connectivity index (χ1v) is 8.23. The molecule has 0 saturated heterocycles. The molecule has 1 unspecified atom stereocenters. The number of ether oxygens (including phenoxy) is 1. The molecule has 0 aliphatic carbocycles. The topological polar surface area (TPSA) is 58.6 Å². The highest BCUT2D eigenvalue weighted by molar-refractivity contribution is 6.16. The van der Waals surface area contributed by atoms with Crippen molar-refractivity contribution in [1.82, 2.24) is 5.32 Å². The van der Waals surface area contributed by atoms with E-state index in [9.17, 15) is 9.59 Å². The van der Waals surface area contributed by atoms with Crippen molar-refractivity contribution in [2.45, 2.75) is 32.9 Å². The standard InChI is InChI=1S/C20H22N2O3/c1-13-6-5-7-15(10-13)12-21-18(23)20(3)19(24)22(4)16-11-14(2)8-9-17(16)25-20/h5-11H,12H2,1-4H3,(H,21,23). The minimum absolute atomic E-state index is 0.344. The number of carbonyl (C=O) groups excluding carboxylic acids is 2. The highest BCUT2D eigenvalue weighted by Crippen LogP contribution is 2.37. The van der Waals surface area contributed by atoms with Gasteiger partial charge in [-0.25, -0.2) is 0 Å². The summed E-state index contributed by atoms with van der Waals surface area (Å²) in [4.78, 5) is 27.0. The van der Waals surface area contributed by atoms with Crippen LogP contribution >= 0.6 is 0 Å². The third-order valence-corrected chi connectivity index (χ3v) is 4.47. The molecule has 0 saturated carbocycles. The number of aryl methyl sites for hydroxylation is 2. The summed E-state index contributed by atoms with van der Waals surface area (Å²) < 4.78 is 5.83. The Bertz CT molecular complexity index is 847. The molecule has 0 aromatic heterocycles. The van der Waals surface area contributed by atoms with Gasteiger partial charge in [-0.05, 0) is 44.0 Å². The molecule has 25 heavy (non-hydrogen) atoms. The van der Waals surface area contributed by atoms with Crippen molar-refractivity contribution in [3.05, 3.63) is 59.2 Å². The molecular weight excluding hydrogens is 316 g/mol. The Labute approximate surface area is 147 Å². The lowest BCUT2D eigenvalue weighted by Gasteiger charge is -2.38. The molecule has 0 spiro atoms. The maximum absolute atomic E-state index is 12.8. The number of benzene rings is 2. The van der Waals surface area contributed by atoms with Crippen LogP contribution in [0.2, 0.25) is 0 Å². The molecule has 3 rings (SSSR count). The zero-order valence-electron chi connectivity index (χ0n) is 14.9. The van der Waals surface area contributed by atoms with Gasteiger partial charge >= 0.3 is 0 Å². The van der Waals surface area contributed by atoms with E-state index in [1.165, 1.54) is 11.8 Å². The highest BCUT2D eigenvalue weighted by Gasteiger charge is 2.49. The summed E-state index contributed by atoms with van der Waals surface area (Å²) in [6, 6.07) is 13.4. The number of fused-ring (bicyclic) bond motifs is 1. The smallest absolute Gasteiger partial charge is 0.280 e. The van der Waals surface area contributed by atoms with Gasteiger partial charge in [0.1, 0.15) is 5.75 Å². The number of hydrogen-bond acceptors (Lipinski definition) is 3. The molecule has 2 aromatic rings. The molecule has 2 amide bonds. The van der Waals surface area contributed by atoms with E-state index >= 15 is 0 Å². The minimum atomic E-state index is -1.58. The quantitative estimate of drug-likeness (QED) is 0.876. The van der Waals surface area contributed by atoms with E-state index in [4.69, 9.17) is 4.74 Å². The van der Waals surface area contributed by atoms with Gasteiger partial charge in [-0.15, -0.1) is 0 Å². The van der Waals surface area contributed by atoms with E-state index in [0.29, 0.717) is 18.0 Å². The highest BCUT2D eigenvalue weighted by atomic mass is 16.5. The summed E-state index contributed by atoms with van der Waals surface area (Å²) in [5.74, 6) is -0.301. The molecule has 1 aliphatic rings. The van der Waals surface area contributed by atoms with Gasteiger partial charge < -0.3 is 15.0 Å². The summed E-state index contributed by atoms with van der Waals surface area (Å²) in [7, 11) is 1.66. The largest absolute Gasteiger partial charge is 0.466 e. The zero-order valence-corrected chi connectivity index (χ0v) is 14.9. The second kappa shape index (κ2) is 6.24. The zero-order chi connectivity index (χ0) is 18.2. The molecule has 0 fully saturated rings. The Morgan fingerprint density at radius 2 is 1.88 bits per heavy atom. The number of nitrogens with zero attached hydrogens (tertiary/aromatic N) is 1. The van der Waals surface area contributed by atoms with E-state index in [1.54, 1.807) is 13.1 Å². The van der Waals surface area contributed by atoms with E-state index < -0.39 is 11.5 Å². The molecule has 5 nitrogen and oxygen atoms in total. The van der Waals surface area contributed by atoms with Crippen LogP contribution in [-0.2, 0) is 16.1 Å². The summed E-state index contributed by atoms with van der Waals surface area (Å²) in [6.45, 7) is 5.80. The fourth-order valence-electron chi connectivity index (χ4n) is 2.99. The molecule has 130 valence electrons. The average Bonchev–Trinajstić information content (AvgIpc) is 2.58. The normalized spacial score (nSPS) is 19.2. The molecule has 1 aliphatic heterocycles. The number of amides is 2. The van der Waals surface area contributed by atoms with E-state index in [2.05, 4.69) is 5.32 Å². The monoisotopic (exact) mass is 338 g/mol. The van der Waals surface area contributed by atoms with Crippen LogP contribution in [0.25, 0.3) is 0 Å². The maximum atomic E-state index is 12.8. The van der Waals surface area contributed by atoms with Crippen LogP contribution in [0.4, 0.5) is 5.69 Å². The van der Waals surface area contributed by atoms with Gasteiger partial charge in [0.15, 0.2) is 0 Å². The predicted octanol–water partition coefficient (Wildman–Crippen LogP) is 2.73. The average molecular weight is 338 g/mol. The summed E-state index contributed by atoms with van der Waals surface area (Å²) in [5.41, 5.74) is 2.21. The van der Waals surface area contributed by atoms with Gasteiger partial charge in [-0.2, -0.15) is 0 Å². The second-order valence-corrected chi connectivity index (χ2v) is 6.64. The van der Waals surface area contributed by atoms with E-state index in [-0.39, 0.29) is 5.91 Å². The van der Waals surface area contributed by atoms with E-state index in [0.717, 1.165) is 16.7 Å². The van der Waals surface area contributed by atoms with Crippen molar-refractivity contribution < 1.29 is 14.3 Å². The van der Waals surface area contributed by atoms with Gasteiger partial charge in [0, 0.05) is 13.6 Å². The molecule has 0 bridgehead atoms. The molecule has 1 heterocycles. The van der Waals surface area contributed by atoms with Crippen molar-refractivity contribution in [2.75, 3.05) is 11.9 Å². The second-order valence-electron chi connectivity index (χ2n) is 6.64. The van der Waals surface area contributed by atoms with Crippen LogP contribution in [0.1, 0.15) is 23.6 Å². The van der Waals surface area contributed by atoms with Crippen LogP contribution in [0, 0.1) is 13.8 Å². The number of hydrogen-bond donors (Lipinski definition) is 1. The first-order chi connectivity index (χ1) is 11.8. The Kier molecular flexibility index (Phi) is 4.25. The molecular formula is C20H22N2O3. The van der Waals surface area contributed by atoms with Crippen LogP contribution in [0.3, 0.4) is 0 Å². The van der Waals surface area contributed by atoms with Crippen molar-refractivity contribution in [3.63, 3.8) is 0 Å². The Morgan fingerprint density at radius 3 is 2.60 bits per heavy atom. The maximum Gasteiger partial charge on any atom is 0.280 e. The molecule has 2 aromatic carbocycles. The number of nitrogens with one attached hydrogen (secondary N) is 1.